The van der Waals surface area contributed by atoms with Crippen molar-refractivity contribution in [1.82, 2.24) is 20.0 Å². The number of ether oxygens (including phenoxy) is 1. The van der Waals surface area contributed by atoms with E-state index in [1.165, 1.54) is 12.8 Å². The van der Waals surface area contributed by atoms with Crippen LogP contribution in [0.25, 0.3) is 0 Å². The van der Waals surface area contributed by atoms with Crippen molar-refractivity contribution in [1.29, 1.82) is 0 Å². The molecule has 0 aliphatic carbocycles. The van der Waals surface area contributed by atoms with E-state index < -0.39 is 0 Å². The van der Waals surface area contributed by atoms with E-state index >= 15 is 0 Å². The van der Waals surface area contributed by atoms with Gasteiger partial charge < -0.3 is 15.0 Å². The van der Waals surface area contributed by atoms with Crippen LogP contribution in [-0.4, -0.2) is 59.1 Å². The Bertz CT molecular complexity index is 608. The summed E-state index contributed by atoms with van der Waals surface area (Å²) in [6.07, 6.45) is 4.75. The number of hydrogen-bond donors (Lipinski definition) is 2. The van der Waals surface area contributed by atoms with Gasteiger partial charge in [0.15, 0.2) is 0 Å². The van der Waals surface area contributed by atoms with Crippen LogP contribution in [0, 0.1) is 0 Å². The summed E-state index contributed by atoms with van der Waals surface area (Å²) >= 11 is 0. The first-order valence-electron chi connectivity index (χ1n) is 9.77. The highest BCUT2D eigenvalue weighted by Crippen LogP contribution is 2.23. The summed E-state index contributed by atoms with van der Waals surface area (Å²) in [6.45, 7) is 10.3. The normalized spacial score (nSPS) is 22.5. The molecule has 0 aromatic carbocycles. The Labute approximate surface area is 156 Å². The molecule has 3 rings (SSSR count). The lowest BCUT2D eigenvalue weighted by Gasteiger charge is -2.33. The Morgan fingerprint density at radius 1 is 1.31 bits per heavy atom. The monoisotopic (exact) mass is 363 g/mol. The first-order valence-corrected chi connectivity index (χ1v) is 9.77. The third-order valence-corrected chi connectivity index (χ3v) is 5.30. The molecular weight excluding hydrogens is 330 g/mol. The second-order valence-corrected chi connectivity index (χ2v) is 8.60. The number of anilines is 1. The van der Waals surface area contributed by atoms with Crippen molar-refractivity contribution >= 4 is 11.8 Å². The largest absolute Gasteiger partial charge is 0.377 e. The molecule has 3 heterocycles. The number of carbonyl (C=O) groups is 1. The Hall–Kier alpha value is -1.60. The smallest absolute Gasteiger partial charge is 0.320 e. The van der Waals surface area contributed by atoms with E-state index in [2.05, 4.69) is 41.4 Å². The number of urea groups is 1. The maximum Gasteiger partial charge on any atom is 0.320 e. The zero-order valence-corrected chi connectivity index (χ0v) is 16.5. The molecule has 0 saturated carbocycles. The Morgan fingerprint density at radius 2 is 2.04 bits per heavy atom. The Morgan fingerprint density at radius 3 is 2.62 bits per heavy atom. The number of carbonyl (C=O) groups excluding carboxylic acids is 1. The lowest BCUT2D eigenvalue weighted by molar-refractivity contribution is 0.0633. The van der Waals surface area contributed by atoms with Crippen LogP contribution in [0.1, 0.15) is 52.1 Å². The van der Waals surface area contributed by atoms with Gasteiger partial charge in [-0.2, -0.15) is 5.10 Å². The highest BCUT2D eigenvalue weighted by Gasteiger charge is 2.25. The minimum absolute atomic E-state index is 0.0377. The number of nitrogens with one attached hydrogen (secondary N) is 2. The van der Waals surface area contributed by atoms with Crippen molar-refractivity contribution in [3.63, 3.8) is 0 Å². The number of amides is 2. The number of piperidine rings is 1. The Balaban J connectivity index is 1.43. The highest BCUT2D eigenvalue weighted by atomic mass is 16.5. The van der Waals surface area contributed by atoms with Gasteiger partial charge in [-0.25, -0.2) is 4.79 Å². The molecule has 7 nitrogen and oxygen atoms in total. The van der Waals surface area contributed by atoms with E-state index in [4.69, 9.17) is 4.74 Å². The number of hydrogen-bond acceptors (Lipinski definition) is 4. The first-order chi connectivity index (χ1) is 12.3. The molecule has 2 N–H and O–H groups in total. The van der Waals surface area contributed by atoms with Gasteiger partial charge in [-0.15, -0.1) is 0 Å². The topological polar surface area (TPSA) is 71.4 Å². The highest BCUT2D eigenvalue weighted by molar-refractivity contribution is 5.88. The average molecular weight is 364 g/mol. The van der Waals surface area contributed by atoms with Crippen molar-refractivity contribution < 1.29 is 9.53 Å². The zero-order chi connectivity index (χ0) is 18.7. The van der Waals surface area contributed by atoms with Gasteiger partial charge in [0.25, 0.3) is 0 Å². The van der Waals surface area contributed by atoms with Crippen LogP contribution in [0.4, 0.5) is 10.6 Å². The molecule has 1 aromatic rings. The molecule has 2 amide bonds. The summed E-state index contributed by atoms with van der Waals surface area (Å²) in [5.74, 6) is 0.725. The molecule has 0 unspecified atom stereocenters. The number of aryl methyl sites for hydroxylation is 1. The molecule has 1 atom stereocenters. The lowest BCUT2D eigenvalue weighted by atomic mass is 9.92. The van der Waals surface area contributed by atoms with Gasteiger partial charge in [-0.1, -0.05) is 20.8 Å². The molecule has 7 heteroatoms. The predicted octanol–water partition coefficient (Wildman–Crippen LogP) is 2.48. The number of rotatable bonds is 4. The van der Waals surface area contributed by atoms with Gasteiger partial charge in [0.2, 0.25) is 0 Å². The predicted molar refractivity (Wildman–Crippen MR) is 102 cm³/mol. The van der Waals surface area contributed by atoms with E-state index in [0.29, 0.717) is 6.10 Å². The second kappa shape index (κ2) is 7.96. The number of aromatic nitrogens is 2. The van der Waals surface area contributed by atoms with E-state index in [1.807, 2.05) is 13.1 Å². The number of nitrogens with zero attached hydrogens (tertiary/aromatic N) is 3. The summed E-state index contributed by atoms with van der Waals surface area (Å²) in [4.78, 5) is 14.8. The van der Waals surface area contributed by atoms with Crippen LogP contribution in [0.3, 0.4) is 0 Å². The van der Waals surface area contributed by atoms with Crippen molar-refractivity contribution in [3.8, 4) is 0 Å². The SMILES string of the molecule is Cn1nc(C(C)(C)C)cc1NC(=O)NC1CCN(C[C@@H]2CCCO2)CC1. The van der Waals surface area contributed by atoms with Gasteiger partial charge >= 0.3 is 6.03 Å². The average Bonchev–Trinajstić information content (AvgIpc) is 3.19. The molecule has 2 fully saturated rings. The maximum absolute atomic E-state index is 12.4. The van der Waals surface area contributed by atoms with Crippen LogP contribution >= 0.6 is 0 Å². The molecule has 2 aliphatic rings. The van der Waals surface area contributed by atoms with E-state index in [-0.39, 0.29) is 17.5 Å². The molecule has 0 spiro atoms. The van der Waals surface area contributed by atoms with Gasteiger partial charge in [0, 0.05) is 50.8 Å². The molecule has 146 valence electrons. The van der Waals surface area contributed by atoms with E-state index in [1.54, 1.807) is 4.68 Å². The van der Waals surface area contributed by atoms with Crippen LogP contribution in [0.2, 0.25) is 0 Å². The summed E-state index contributed by atoms with van der Waals surface area (Å²) in [7, 11) is 1.86. The van der Waals surface area contributed by atoms with Crippen LogP contribution in [0.5, 0.6) is 0 Å². The first kappa shape index (κ1) is 19.2. The minimum Gasteiger partial charge on any atom is -0.377 e. The van der Waals surface area contributed by atoms with Crippen molar-refractivity contribution in [2.75, 3.05) is 31.6 Å². The molecule has 0 radical (unpaired) electrons. The minimum atomic E-state index is -0.147. The Kier molecular flexibility index (Phi) is 5.87. The van der Waals surface area contributed by atoms with E-state index in [0.717, 1.165) is 50.6 Å². The fourth-order valence-electron chi connectivity index (χ4n) is 3.62. The number of likely N-dealkylation sites (tertiary alicyclic amines) is 1. The molecule has 2 saturated heterocycles. The fourth-order valence-corrected chi connectivity index (χ4v) is 3.62. The maximum atomic E-state index is 12.4. The fraction of sp³-hybridized carbons (Fsp3) is 0.789. The molecule has 0 bridgehead atoms. The lowest BCUT2D eigenvalue weighted by Crippen LogP contribution is -2.47. The van der Waals surface area contributed by atoms with E-state index in [9.17, 15) is 4.79 Å². The molecule has 26 heavy (non-hydrogen) atoms. The summed E-state index contributed by atoms with van der Waals surface area (Å²) < 4.78 is 7.45. The van der Waals surface area contributed by atoms with Gasteiger partial charge in [0.05, 0.1) is 11.8 Å². The van der Waals surface area contributed by atoms with Gasteiger partial charge in [-0.05, 0) is 25.7 Å². The zero-order valence-electron chi connectivity index (χ0n) is 16.5. The summed E-state index contributed by atoms with van der Waals surface area (Å²) in [6, 6.07) is 2.03. The molecule has 2 aliphatic heterocycles. The van der Waals surface area contributed by atoms with Crippen molar-refractivity contribution in [2.45, 2.75) is 64.0 Å². The third kappa shape index (κ3) is 4.98. The summed E-state index contributed by atoms with van der Waals surface area (Å²) in [5.41, 5.74) is 0.932. The second-order valence-electron chi connectivity index (χ2n) is 8.60. The van der Waals surface area contributed by atoms with Crippen LogP contribution in [0.15, 0.2) is 6.07 Å². The molecular formula is C19H33N5O2. The standard InChI is InChI=1S/C19H33N5O2/c1-19(2,3)16-12-17(23(4)22-16)21-18(25)20-14-7-9-24(10-8-14)13-15-6-5-11-26-15/h12,14-15H,5-11,13H2,1-4H3,(H2,20,21,25)/t15-/m0/s1. The summed E-state index contributed by atoms with van der Waals surface area (Å²) in [5, 5.41) is 10.5. The van der Waals surface area contributed by atoms with Gasteiger partial charge in [-0.3, -0.25) is 10.00 Å². The van der Waals surface area contributed by atoms with Crippen LogP contribution < -0.4 is 10.6 Å². The van der Waals surface area contributed by atoms with Crippen LogP contribution in [-0.2, 0) is 17.2 Å². The third-order valence-electron chi connectivity index (χ3n) is 5.30. The molecule has 1 aromatic heterocycles. The quantitative estimate of drug-likeness (QED) is 0.862. The van der Waals surface area contributed by atoms with Gasteiger partial charge in [0.1, 0.15) is 5.82 Å². The van der Waals surface area contributed by atoms with Crippen molar-refractivity contribution in [2.24, 2.45) is 7.05 Å². The van der Waals surface area contributed by atoms with Crippen molar-refractivity contribution in [3.05, 3.63) is 11.8 Å².